The summed E-state index contributed by atoms with van der Waals surface area (Å²) < 4.78 is 65.9. The van der Waals surface area contributed by atoms with E-state index in [9.17, 15) is 23.2 Å². The number of nitrogens with zero attached hydrogens (tertiary/aromatic N) is 9. The molecule has 3 atom stereocenters. The summed E-state index contributed by atoms with van der Waals surface area (Å²) in [5.74, 6) is 5.40. The molecule has 10 rings (SSSR count). The molecule has 65 heavy (non-hydrogen) atoms. The quantitative estimate of drug-likeness (QED) is 0.134. The van der Waals surface area contributed by atoms with Crippen LogP contribution >= 0.6 is 0 Å². The van der Waals surface area contributed by atoms with Crippen molar-refractivity contribution in [1.29, 1.82) is 0 Å². The van der Waals surface area contributed by atoms with E-state index >= 15 is 4.39 Å². The van der Waals surface area contributed by atoms with Crippen LogP contribution in [0.25, 0.3) is 16.6 Å². The Bertz CT molecular complexity index is 2660. The SMILES string of the molecule is Cn1nc(C2CCC(=O)NC2=O)c2cccc(C#CCO[C@H]3CCN(CC4CCC(n5cc(NC(=O)c6cnn7ccc(N8CC(OC9COC9)C8)nc67)c(C(F)F)n5)CC4)C[C@H]3F)c21. The summed E-state index contributed by atoms with van der Waals surface area (Å²) in [6.07, 6.45) is 4.39. The monoisotopic (exact) mass is 897 g/mol. The molecule has 5 aliphatic rings. The number of anilines is 2. The fraction of sp³-hybridized carbons (Fsp3) is 0.533. The smallest absolute Gasteiger partial charge is 0.284 e. The number of carbonyl (C=O) groups is 3. The number of imide groups is 1. The van der Waals surface area contributed by atoms with Gasteiger partial charge in [-0.1, -0.05) is 24.0 Å². The predicted molar refractivity (Wildman–Crippen MR) is 229 cm³/mol. The van der Waals surface area contributed by atoms with Crippen molar-refractivity contribution in [3.63, 3.8) is 0 Å². The van der Waals surface area contributed by atoms with Crippen LogP contribution in [0.5, 0.6) is 0 Å². The second-order valence-corrected chi connectivity index (χ2v) is 17.7. The summed E-state index contributed by atoms with van der Waals surface area (Å²) in [7, 11) is 1.79. The van der Waals surface area contributed by atoms with Gasteiger partial charge in [0.05, 0.1) is 66.0 Å². The van der Waals surface area contributed by atoms with Crippen LogP contribution in [0.1, 0.15) is 90.6 Å². The molecule has 2 N–H and O–H groups in total. The number of aromatic nitrogens is 7. The highest BCUT2D eigenvalue weighted by molar-refractivity contribution is 6.08. The van der Waals surface area contributed by atoms with Crippen molar-refractivity contribution in [2.75, 3.05) is 62.8 Å². The van der Waals surface area contributed by atoms with Crippen LogP contribution in [0.3, 0.4) is 0 Å². The first-order chi connectivity index (χ1) is 31.5. The van der Waals surface area contributed by atoms with E-state index < -0.39 is 36.2 Å². The molecule has 1 saturated carbocycles. The first-order valence-electron chi connectivity index (χ1n) is 22.3. The maximum absolute atomic E-state index is 15.5. The van der Waals surface area contributed by atoms with Gasteiger partial charge in [-0.15, -0.1) is 0 Å². The minimum atomic E-state index is -2.90. The molecule has 5 aromatic rings. The average molecular weight is 898 g/mol. The van der Waals surface area contributed by atoms with Crippen LogP contribution in [-0.2, 0) is 30.8 Å². The summed E-state index contributed by atoms with van der Waals surface area (Å²) in [5, 5.41) is 19.0. The highest BCUT2D eigenvalue weighted by atomic mass is 19.3. The van der Waals surface area contributed by atoms with Crippen molar-refractivity contribution in [3.8, 4) is 11.8 Å². The van der Waals surface area contributed by atoms with Gasteiger partial charge in [0.15, 0.2) is 11.3 Å². The highest BCUT2D eigenvalue weighted by Crippen LogP contribution is 2.36. The number of rotatable bonds is 12. The molecule has 0 spiro atoms. The Hall–Kier alpha value is -5.88. The molecule has 17 nitrogen and oxygen atoms in total. The molecule has 0 radical (unpaired) electrons. The number of aryl methyl sites for hydroxylation is 1. The molecule has 0 bridgehead atoms. The number of carbonyl (C=O) groups excluding carboxylic acids is 3. The zero-order chi connectivity index (χ0) is 44.8. The topological polar surface area (TPSA) is 175 Å². The largest absolute Gasteiger partial charge is 0.376 e. The van der Waals surface area contributed by atoms with Gasteiger partial charge in [-0.3, -0.25) is 34.0 Å². The lowest BCUT2D eigenvalue weighted by Crippen LogP contribution is -2.56. The van der Waals surface area contributed by atoms with Gasteiger partial charge >= 0.3 is 0 Å². The standard InChI is InChI=1S/C45H50F3N11O6/c1-55-41-27(4-2-6-31(41)39(53-55)32-11-12-38(60)52-44(32)61)5-3-17-64-36-13-15-56(22-34(36)46)19-26-7-9-28(10-8-26)59-23-35(40(54-59)42(47)48)50-45(62)33-18-49-58-16-14-37(51-43(33)58)57-20-29(21-57)65-30-24-63-25-30/h2,4,6,14,16,18,23,26,28-30,32,34,36,42H,7-13,15,17,19-22,24-25H2,1H3,(H,50,62)(H,52,60,61)/t26?,28?,32?,34-,36+/m1/s1. The van der Waals surface area contributed by atoms with Crippen LogP contribution in [0.15, 0.2) is 42.9 Å². The number of likely N-dealkylation sites (tertiary alicyclic amines) is 1. The summed E-state index contributed by atoms with van der Waals surface area (Å²) in [4.78, 5) is 46.6. The summed E-state index contributed by atoms with van der Waals surface area (Å²) >= 11 is 0. The molecule has 1 aromatic carbocycles. The second kappa shape index (κ2) is 18.2. The minimum Gasteiger partial charge on any atom is -0.376 e. The van der Waals surface area contributed by atoms with Gasteiger partial charge in [0.25, 0.3) is 12.3 Å². The van der Waals surface area contributed by atoms with Crippen LogP contribution in [0.4, 0.5) is 24.7 Å². The van der Waals surface area contributed by atoms with E-state index in [2.05, 4.69) is 47.7 Å². The van der Waals surface area contributed by atoms with Crippen LogP contribution in [-0.4, -0.2) is 134 Å². The molecule has 4 saturated heterocycles. The fourth-order valence-electron chi connectivity index (χ4n) is 9.73. The molecule has 8 heterocycles. The van der Waals surface area contributed by atoms with Crippen molar-refractivity contribution in [3.05, 3.63) is 65.4 Å². The van der Waals surface area contributed by atoms with E-state index in [-0.39, 0.29) is 60.9 Å². The predicted octanol–water partition coefficient (Wildman–Crippen LogP) is 4.34. The summed E-state index contributed by atoms with van der Waals surface area (Å²) in [6.45, 7) is 4.26. The molecule has 1 aliphatic carbocycles. The van der Waals surface area contributed by atoms with Crippen molar-refractivity contribution in [2.24, 2.45) is 13.0 Å². The highest BCUT2D eigenvalue weighted by Gasteiger charge is 2.36. The van der Waals surface area contributed by atoms with Crippen LogP contribution in [0.2, 0.25) is 0 Å². The summed E-state index contributed by atoms with van der Waals surface area (Å²) in [5.41, 5.74) is 2.01. The average Bonchev–Trinajstić information content (AvgIpc) is 3.98. The lowest BCUT2D eigenvalue weighted by Gasteiger charge is -2.42. The number of hydrogen-bond acceptors (Lipinski definition) is 12. The van der Waals surface area contributed by atoms with Gasteiger partial charge in [0.1, 0.15) is 30.3 Å². The molecule has 4 aromatic heterocycles. The Morgan fingerprint density at radius 3 is 2.63 bits per heavy atom. The normalized spacial score (nSPS) is 24.5. The zero-order valence-electron chi connectivity index (χ0n) is 35.9. The molecule has 342 valence electrons. The number of amides is 3. The van der Waals surface area contributed by atoms with Gasteiger partial charge in [0.2, 0.25) is 11.8 Å². The lowest BCUT2D eigenvalue weighted by molar-refractivity contribution is -0.158. The molecule has 1 unspecified atom stereocenters. The van der Waals surface area contributed by atoms with Gasteiger partial charge in [-0.25, -0.2) is 22.7 Å². The number of ether oxygens (including phenoxy) is 3. The maximum atomic E-state index is 15.5. The number of piperidine rings is 2. The Morgan fingerprint density at radius 2 is 1.88 bits per heavy atom. The van der Waals surface area contributed by atoms with Crippen LogP contribution < -0.4 is 15.5 Å². The number of benzene rings is 1. The third-order valence-electron chi connectivity index (χ3n) is 13.3. The van der Waals surface area contributed by atoms with E-state index in [0.29, 0.717) is 87.2 Å². The number of nitrogens with one attached hydrogen (secondary N) is 2. The van der Waals surface area contributed by atoms with Crippen molar-refractivity contribution in [1.82, 2.24) is 44.4 Å². The van der Waals surface area contributed by atoms with Gasteiger partial charge in [-0.05, 0) is 56.6 Å². The molecule has 5 fully saturated rings. The van der Waals surface area contributed by atoms with Crippen molar-refractivity contribution >= 4 is 45.8 Å². The van der Waals surface area contributed by atoms with Gasteiger partial charge in [-0.2, -0.15) is 15.3 Å². The third kappa shape index (κ3) is 8.94. The zero-order valence-corrected chi connectivity index (χ0v) is 35.9. The molecule has 3 amide bonds. The second-order valence-electron chi connectivity index (χ2n) is 17.7. The molecular weight excluding hydrogens is 848 g/mol. The Morgan fingerprint density at radius 1 is 1.05 bits per heavy atom. The van der Waals surface area contributed by atoms with E-state index in [4.69, 9.17) is 14.2 Å². The number of hydrogen-bond donors (Lipinski definition) is 2. The van der Waals surface area contributed by atoms with E-state index in [1.54, 1.807) is 22.6 Å². The number of para-hydroxylation sites is 1. The van der Waals surface area contributed by atoms with Gasteiger partial charge < -0.3 is 24.4 Å². The van der Waals surface area contributed by atoms with Crippen LogP contribution in [0, 0.1) is 17.8 Å². The Balaban J connectivity index is 0.695. The van der Waals surface area contributed by atoms with E-state index in [1.807, 2.05) is 29.2 Å². The third-order valence-corrected chi connectivity index (χ3v) is 13.3. The van der Waals surface area contributed by atoms with E-state index in [1.165, 1.54) is 16.9 Å². The molecular formula is C45H50F3N11O6. The molecule has 4 aliphatic heterocycles. The Labute approximate surface area is 371 Å². The maximum Gasteiger partial charge on any atom is 0.284 e. The number of fused-ring (bicyclic) bond motifs is 2. The van der Waals surface area contributed by atoms with Crippen molar-refractivity contribution in [2.45, 2.75) is 87.8 Å². The molecule has 20 heteroatoms. The number of alkyl halides is 3. The first-order valence-corrected chi connectivity index (χ1v) is 22.3. The number of halogens is 3. The fourth-order valence-corrected chi connectivity index (χ4v) is 9.73. The van der Waals surface area contributed by atoms with Gasteiger partial charge in [0, 0.05) is 64.0 Å². The first kappa shape index (κ1) is 43.0. The van der Waals surface area contributed by atoms with E-state index in [0.717, 1.165) is 30.3 Å². The van der Waals surface area contributed by atoms with Crippen molar-refractivity contribution < 1.29 is 41.8 Å². The lowest BCUT2D eigenvalue weighted by atomic mass is 9.85. The summed E-state index contributed by atoms with van der Waals surface area (Å²) in [6, 6.07) is 7.30. The Kier molecular flexibility index (Phi) is 12.0. The minimum absolute atomic E-state index is 0.0539.